The largest absolute Gasteiger partial charge is 0.452 e. The molecular weight excluding hydrogens is 320 g/mol. The highest BCUT2D eigenvalue weighted by molar-refractivity contribution is 9.10. The predicted octanol–water partition coefficient (Wildman–Crippen LogP) is 1.98. The minimum absolute atomic E-state index is 0.170. The van der Waals surface area contributed by atoms with E-state index in [1.165, 1.54) is 0 Å². The Bertz CT molecular complexity index is 534. The maximum absolute atomic E-state index is 12.2. The Morgan fingerprint density at radius 3 is 2.72 bits per heavy atom. The predicted molar refractivity (Wildman–Crippen MR) is 71.7 cm³/mol. The van der Waals surface area contributed by atoms with Crippen molar-refractivity contribution < 1.29 is 12.8 Å². The van der Waals surface area contributed by atoms with Crippen LogP contribution in [0.1, 0.15) is 32.4 Å². The van der Waals surface area contributed by atoms with E-state index in [0.717, 1.165) is 19.4 Å². The molecule has 1 aliphatic rings. The first kappa shape index (κ1) is 14.0. The number of sulfonamides is 1. The summed E-state index contributed by atoms with van der Waals surface area (Å²) in [5.41, 5.74) is -0.280. The highest BCUT2D eigenvalue weighted by Crippen LogP contribution is 2.37. The quantitative estimate of drug-likeness (QED) is 0.833. The number of nitrogens with one attached hydrogen (secondary N) is 2. The van der Waals surface area contributed by atoms with Gasteiger partial charge in [0.2, 0.25) is 10.0 Å². The zero-order valence-corrected chi connectivity index (χ0v) is 12.8. The summed E-state index contributed by atoms with van der Waals surface area (Å²) in [5, 5.41) is 3.09. The van der Waals surface area contributed by atoms with E-state index in [2.05, 4.69) is 26.0 Å². The van der Waals surface area contributed by atoms with Crippen molar-refractivity contribution in [3.05, 3.63) is 16.5 Å². The highest BCUT2D eigenvalue weighted by atomic mass is 79.9. The Morgan fingerprint density at radius 1 is 1.50 bits per heavy atom. The van der Waals surface area contributed by atoms with Gasteiger partial charge in [-0.15, -0.1) is 0 Å². The first-order valence-electron chi connectivity index (χ1n) is 5.89. The lowest BCUT2D eigenvalue weighted by atomic mass is 10.4. The van der Waals surface area contributed by atoms with E-state index in [9.17, 15) is 8.42 Å². The van der Waals surface area contributed by atoms with Gasteiger partial charge in [-0.25, -0.2) is 13.1 Å². The van der Waals surface area contributed by atoms with Gasteiger partial charge in [-0.1, -0.05) is 6.92 Å². The van der Waals surface area contributed by atoms with Crippen LogP contribution >= 0.6 is 15.9 Å². The molecule has 0 aliphatic heterocycles. The van der Waals surface area contributed by atoms with Crippen molar-refractivity contribution in [3.63, 3.8) is 0 Å². The second kappa shape index (κ2) is 4.96. The standard InChI is InChI=1S/C11H17BrN2O3S/c1-3-13-7-8-6-9(10(12)17-8)18(15,16)14-11(2)4-5-11/h6,13-14H,3-5,7H2,1-2H3. The molecule has 2 rings (SSSR count). The lowest BCUT2D eigenvalue weighted by Gasteiger charge is -2.10. The third kappa shape index (κ3) is 3.14. The fourth-order valence-corrected chi connectivity index (χ4v) is 4.05. The Hall–Kier alpha value is -0.370. The summed E-state index contributed by atoms with van der Waals surface area (Å²) in [7, 11) is -3.51. The Kier molecular flexibility index (Phi) is 3.87. The maximum Gasteiger partial charge on any atom is 0.245 e. The van der Waals surface area contributed by atoms with E-state index in [1.807, 2.05) is 13.8 Å². The van der Waals surface area contributed by atoms with Gasteiger partial charge in [-0.2, -0.15) is 0 Å². The van der Waals surface area contributed by atoms with E-state index in [0.29, 0.717) is 12.3 Å². The Morgan fingerprint density at radius 2 is 2.17 bits per heavy atom. The van der Waals surface area contributed by atoms with Crippen molar-refractivity contribution in [1.29, 1.82) is 0 Å². The topological polar surface area (TPSA) is 71.3 Å². The van der Waals surface area contributed by atoms with Crippen LogP contribution in [0.2, 0.25) is 0 Å². The number of furan rings is 1. The van der Waals surface area contributed by atoms with Crippen molar-refractivity contribution in [2.24, 2.45) is 0 Å². The van der Waals surface area contributed by atoms with Crippen LogP contribution in [0.4, 0.5) is 0 Å². The van der Waals surface area contributed by atoms with E-state index >= 15 is 0 Å². The fraction of sp³-hybridized carbons (Fsp3) is 0.636. The van der Waals surface area contributed by atoms with E-state index in [-0.39, 0.29) is 15.1 Å². The SMILES string of the molecule is CCNCc1cc(S(=O)(=O)NC2(C)CC2)c(Br)o1. The molecule has 0 bridgehead atoms. The van der Waals surface area contributed by atoms with Gasteiger partial charge in [0.1, 0.15) is 10.7 Å². The average molecular weight is 337 g/mol. The van der Waals surface area contributed by atoms with Crippen molar-refractivity contribution in [1.82, 2.24) is 10.0 Å². The molecule has 2 N–H and O–H groups in total. The molecule has 1 heterocycles. The van der Waals surface area contributed by atoms with Crippen LogP contribution < -0.4 is 10.0 Å². The summed E-state index contributed by atoms with van der Waals surface area (Å²) in [4.78, 5) is 0.170. The minimum Gasteiger partial charge on any atom is -0.452 e. The normalized spacial score (nSPS) is 17.9. The first-order chi connectivity index (χ1) is 8.36. The molecule has 1 saturated carbocycles. The molecule has 0 unspecified atom stereocenters. The molecule has 0 atom stereocenters. The molecule has 102 valence electrons. The molecule has 5 nitrogen and oxygen atoms in total. The lowest BCUT2D eigenvalue weighted by Crippen LogP contribution is -2.34. The molecule has 0 amide bonds. The van der Waals surface area contributed by atoms with Gasteiger partial charge in [-0.3, -0.25) is 0 Å². The third-order valence-corrected chi connectivity index (χ3v) is 5.42. The fourth-order valence-electron chi connectivity index (χ4n) is 1.59. The zero-order chi connectivity index (χ0) is 13.4. The molecule has 0 saturated heterocycles. The molecule has 1 aliphatic carbocycles. The molecule has 7 heteroatoms. The third-order valence-electron chi connectivity index (χ3n) is 2.93. The van der Waals surface area contributed by atoms with Crippen LogP contribution in [0.5, 0.6) is 0 Å². The summed E-state index contributed by atoms with van der Waals surface area (Å²) < 4.78 is 32.7. The van der Waals surface area contributed by atoms with Crippen molar-refractivity contribution in [3.8, 4) is 0 Å². The number of hydrogen-bond donors (Lipinski definition) is 2. The number of halogens is 1. The van der Waals surface area contributed by atoms with Crippen LogP contribution in [-0.4, -0.2) is 20.5 Å². The average Bonchev–Trinajstić information content (AvgIpc) is 2.85. The molecule has 0 spiro atoms. The maximum atomic E-state index is 12.2. The zero-order valence-electron chi connectivity index (χ0n) is 10.4. The van der Waals surface area contributed by atoms with Gasteiger partial charge in [0, 0.05) is 11.6 Å². The second-order valence-corrected chi connectivity index (χ2v) is 7.17. The molecule has 0 radical (unpaired) electrons. The summed E-state index contributed by atoms with van der Waals surface area (Å²) in [5.74, 6) is 0.602. The highest BCUT2D eigenvalue weighted by Gasteiger charge is 2.42. The smallest absolute Gasteiger partial charge is 0.245 e. The minimum atomic E-state index is -3.51. The summed E-state index contributed by atoms with van der Waals surface area (Å²) in [6.45, 7) is 5.20. The molecule has 1 fully saturated rings. The van der Waals surface area contributed by atoms with Crippen molar-refractivity contribution in [2.45, 2.75) is 43.7 Å². The van der Waals surface area contributed by atoms with Crippen LogP contribution in [0.15, 0.2) is 20.0 Å². The van der Waals surface area contributed by atoms with Gasteiger partial charge in [-0.05, 0) is 42.2 Å². The van der Waals surface area contributed by atoms with Crippen LogP contribution in [0.3, 0.4) is 0 Å². The van der Waals surface area contributed by atoms with Gasteiger partial charge in [0.15, 0.2) is 4.67 Å². The number of hydrogen-bond acceptors (Lipinski definition) is 4. The van der Waals surface area contributed by atoms with Crippen LogP contribution in [0.25, 0.3) is 0 Å². The second-order valence-electron chi connectivity index (χ2n) is 4.80. The number of rotatable bonds is 6. The van der Waals surface area contributed by atoms with Crippen molar-refractivity contribution >= 4 is 26.0 Å². The summed E-state index contributed by atoms with van der Waals surface area (Å²) >= 11 is 3.16. The molecule has 1 aromatic rings. The van der Waals surface area contributed by atoms with Gasteiger partial charge >= 0.3 is 0 Å². The van der Waals surface area contributed by atoms with E-state index in [1.54, 1.807) is 6.07 Å². The van der Waals surface area contributed by atoms with Crippen molar-refractivity contribution in [2.75, 3.05) is 6.54 Å². The van der Waals surface area contributed by atoms with Gasteiger partial charge in [0.25, 0.3) is 0 Å². The Balaban J connectivity index is 2.19. The molecule has 18 heavy (non-hydrogen) atoms. The molecule has 0 aromatic carbocycles. The summed E-state index contributed by atoms with van der Waals surface area (Å²) in [6.07, 6.45) is 1.76. The van der Waals surface area contributed by atoms with E-state index in [4.69, 9.17) is 4.42 Å². The monoisotopic (exact) mass is 336 g/mol. The lowest BCUT2D eigenvalue weighted by molar-refractivity contribution is 0.463. The van der Waals surface area contributed by atoms with Gasteiger partial charge in [0.05, 0.1) is 6.54 Å². The summed E-state index contributed by atoms with van der Waals surface area (Å²) in [6, 6.07) is 1.56. The Labute approximate surface area is 116 Å². The van der Waals surface area contributed by atoms with E-state index < -0.39 is 10.0 Å². The van der Waals surface area contributed by atoms with Crippen LogP contribution in [0, 0.1) is 0 Å². The molecular formula is C11H17BrN2O3S. The molecule has 1 aromatic heterocycles. The van der Waals surface area contributed by atoms with Crippen LogP contribution in [-0.2, 0) is 16.6 Å². The van der Waals surface area contributed by atoms with Gasteiger partial charge < -0.3 is 9.73 Å². The first-order valence-corrected chi connectivity index (χ1v) is 8.17.